The van der Waals surface area contributed by atoms with Gasteiger partial charge in [0.15, 0.2) is 5.82 Å². The molecule has 1 aromatic carbocycles. The molecule has 4 rings (SSSR count). The van der Waals surface area contributed by atoms with Crippen LogP contribution < -0.4 is 10.2 Å². The fraction of sp³-hybridized carbons (Fsp3) is 0.350. The van der Waals surface area contributed by atoms with Crippen molar-refractivity contribution in [1.82, 2.24) is 14.8 Å². The molecule has 29 heavy (non-hydrogen) atoms. The Labute approximate surface area is 182 Å². The standard InChI is InChI=1S/C20H23N5O2.2ClH/c1-23-11-13-24(14-12-23)10-8-18(26)25-17-7-3-2-5-15(17)20(27)22-16-6-4-9-21-19(16)25;;/h2-7,9H,8,10-14H2,1H3,(H,22,27);2*1H. The molecule has 0 spiro atoms. The zero-order chi connectivity index (χ0) is 18.8. The lowest BCUT2D eigenvalue weighted by Gasteiger charge is -2.32. The summed E-state index contributed by atoms with van der Waals surface area (Å²) in [5.41, 5.74) is 1.60. The van der Waals surface area contributed by atoms with Gasteiger partial charge in [-0.2, -0.15) is 0 Å². The SMILES string of the molecule is CN1CCN(CCC(=O)N2c3ccccc3C(=O)Nc3cccnc32)CC1.Cl.Cl. The van der Waals surface area contributed by atoms with Crippen LogP contribution in [0.3, 0.4) is 0 Å². The van der Waals surface area contributed by atoms with Crippen molar-refractivity contribution in [3.8, 4) is 0 Å². The smallest absolute Gasteiger partial charge is 0.257 e. The minimum absolute atomic E-state index is 0. The minimum Gasteiger partial charge on any atom is -0.319 e. The molecule has 1 aromatic heterocycles. The van der Waals surface area contributed by atoms with Gasteiger partial charge >= 0.3 is 0 Å². The van der Waals surface area contributed by atoms with Gasteiger partial charge in [0.2, 0.25) is 5.91 Å². The van der Waals surface area contributed by atoms with Gasteiger partial charge in [-0.15, -0.1) is 24.8 Å². The van der Waals surface area contributed by atoms with Gasteiger partial charge in [-0.3, -0.25) is 14.5 Å². The van der Waals surface area contributed by atoms with Crippen LogP contribution in [-0.2, 0) is 4.79 Å². The van der Waals surface area contributed by atoms with Crippen LogP contribution in [0, 0.1) is 0 Å². The van der Waals surface area contributed by atoms with E-state index in [1.807, 2.05) is 6.07 Å². The zero-order valence-corrected chi connectivity index (χ0v) is 17.8. The molecule has 9 heteroatoms. The summed E-state index contributed by atoms with van der Waals surface area (Å²) in [7, 11) is 2.11. The van der Waals surface area contributed by atoms with Gasteiger partial charge < -0.3 is 15.1 Å². The number of para-hydroxylation sites is 1. The molecule has 1 N–H and O–H groups in total. The van der Waals surface area contributed by atoms with Crippen LogP contribution in [0.5, 0.6) is 0 Å². The van der Waals surface area contributed by atoms with Crippen molar-refractivity contribution >= 4 is 53.8 Å². The molecule has 2 aliphatic rings. The molecule has 3 heterocycles. The number of likely N-dealkylation sites (N-methyl/N-ethyl adjacent to an activating group) is 1. The Morgan fingerprint density at radius 3 is 2.55 bits per heavy atom. The van der Waals surface area contributed by atoms with E-state index in [9.17, 15) is 9.59 Å². The Balaban J connectivity index is 0.00000150. The number of carbonyl (C=O) groups is 2. The van der Waals surface area contributed by atoms with Crippen molar-refractivity contribution < 1.29 is 9.59 Å². The summed E-state index contributed by atoms with van der Waals surface area (Å²) in [4.78, 5) is 36.4. The van der Waals surface area contributed by atoms with Crippen molar-refractivity contribution in [3.05, 3.63) is 48.2 Å². The number of fused-ring (bicyclic) bond motifs is 2. The van der Waals surface area contributed by atoms with Crippen LogP contribution in [0.25, 0.3) is 0 Å². The summed E-state index contributed by atoms with van der Waals surface area (Å²) >= 11 is 0. The van der Waals surface area contributed by atoms with Crippen LogP contribution in [0.1, 0.15) is 16.8 Å². The van der Waals surface area contributed by atoms with Crippen LogP contribution in [0.15, 0.2) is 42.6 Å². The number of nitrogens with one attached hydrogen (secondary N) is 1. The maximum absolute atomic E-state index is 13.2. The average Bonchev–Trinajstić information content (AvgIpc) is 2.81. The third kappa shape index (κ3) is 4.87. The van der Waals surface area contributed by atoms with Gasteiger partial charge in [0, 0.05) is 45.3 Å². The lowest BCUT2D eigenvalue weighted by atomic mass is 10.1. The van der Waals surface area contributed by atoms with Gasteiger partial charge in [0.05, 0.1) is 16.9 Å². The number of amides is 2. The summed E-state index contributed by atoms with van der Waals surface area (Å²) in [6.45, 7) is 4.67. The van der Waals surface area contributed by atoms with E-state index in [1.165, 1.54) is 0 Å². The Hall–Kier alpha value is -2.19. The Morgan fingerprint density at radius 2 is 1.79 bits per heavy atom. The Kier molecular flexibility index (Phi) is 7.98. The first-order chi connectivity index (χ1) is 13.1. The minimum atomic E-state index is -0.228. The molecule has 2 aliphatic heterocycles. The summed E-state index contributed by atoms with van der Waals surface area (Å²) in [5, 5.41) is 2.86. The molecule has 2 aromatic rings. The first-order valence-corrected chi connectivity index (χ1v) is 9.23. The normalized spacial score (nSPS) is 16.4. The topological polar surface area (TPSA) is 68.8 Å². The van der Waals surface area contributed by atoms with E-state index < -0.39 is 0 Å². The highest BCUT2D eigenvalue weighted by molar-refractivity contribution is 6.17. The molecule has 1 saturated heterocycles. The number of benzene rings is 1. The number of anilines is 3. The number of nitrogens with zero attached hydrogens (tertiary/aromatic N) is 4. The molecule has 1 fully saturated rings. The van der Waals surface area contributed by atoms with Crippen molar-refractivity contribution in [3.63, 3.8) is 0 Å². The third-order valence-electron chi connectivity index (χ3n) is 5.12. The predicted octanol–water partition coefficient (Wildman–Crippen LogP) is 2.79. The second-order valence-electron chi connectivity index (χ2n) is 6.97. The molecule has 7 nitrogen and oxygen atoms in total. The molecule has 0 aliphatic carbocycles. The Morgan fingerprint density at radius 1 is 1.07 bits per heavy atom. The van der Waals surface area contributed by atoms with E-state index in [4.69, 9.17) is 0 Å². The molecule has 0 atom stereocenters. The number of halogens is 2. The summed E-state index contributed by atoms with van der Waals surface area (Å²) in [6, 6.07) is 10.7. The molecule has 0 unspecified atom stereocenters. The number of hydrogen-bond donors (Lipinski definition) is 1. The highest BCUT2D eigenvalue weighted by Crippen LogP contribution is 2.36. The monoisotopic (exact) mass is 437 g/mol. The molecule has 2 amide bonds. The summed E-state index contributed by atoms with van der Waals surface area (Å²) < 4.78 is 0. The summed E-state index contributed by atoms with van der Waals surface area (Å²) in [5.74, 6) is 0.186. The predicted molar refractivity (Wildman–Crippen MR) is 119 cm³/mol. The molecular weight excluding hydrogens is 413 g/mol. The maximum Gasteiger partial charge on any atom is 0.257 e. The second-order valence-corrected chi connectivity index (χ2v) is 6.97. The average molecular weight is 438 g/mol. The van der Waals surface area contributed by atoms with E-state index in [0.29, 0.717) is 35.7 Å². The van der Waals surface area contributed by atoms with Crippen molar-refractivity contribution in [2.45, 2.75) is 6.42 Å². The number of pyridine rings is 1. The fourth-order valence-corrected chi connectivity index (χ4v) is 3.53. The highest BCUT2D eigenvalue weighted by Gasteiger charge is 2.30. The lowest BCUT2D eigenvalue weighted by Crippen LogP contribution is -2.45. The summed E-state index contributed by atoms with van der Waals surface area (Å²) in [6.07, 6.45) is 2.02. The quantitative estimate of drug-likeness (QED) is 0.799. The largest absolute Gasteiger partial charge is 0.319 e. The van der Waals surface area contributed by atoms with Gasteiger partial charge in [-0.1, -0.05) is 12.1 Å². The molecule has 156 valence electrons. The van der Waals surface area contributed by atoms with E-state index in [0.717, 1.165) is 26.2 Å². The van der Waals surface area contributed by atoms with E-state index in [2.05, 4.69) is 27.1 Å². The first-order valence-electron chi connectivity index (χ1n) is 9.23. The molecular formula is C20H25Cl2N5O2. The van der Waals surface area contributed by atoms with Crippen LogP contribution in [0.4, 0.5) is 17.2 Å². The first kappa shape index (κ1) is 23.1. The fourth-order valence-electron chi connectivity index (χ4n) is 3.53. The molecule has 0 radical (unpaired) electrons. The van der Waals surface area contributed by atoms with Crippen molar-refractivity contribution in [1.29, 1.82) is 0 Å². The number of rotatable bonds is 3. The second kappa shape index (κ2) is 10.0. The van der Waals surface area contributed by atoms with Crippen molar-refractivity contribution in [2.24, 2.45) is 0 Å². The van der Waals surface area contributed by atoms with E-state index >= 15 is 0 Å². The number of piperazine rings is 1. The Bertz CT molecular complexity index is 871. The van der Waals surface area contributed by atoms with E-state index in [1.54, 1.807) is 41.4 Å². The van der Waals surface area contributed by atoms with Gasteiger partial charge in [-0.05, 0) is 31.3 Å². The third-order valence-corrected chi connectivity index (χ3v) is 5.12. The van der Waals surface area contributed by atoms with Crippen molar-refractivity contribution in [2.75, 3.05) is 50.0 Å². The molecule has 0 saturated carbocycles. The number of aromatic nitrogens is 1. The van der Waals surface area contributed by atoms with Crippen LogP contribution in [0.2, 0.25) is 0 Å². The van der Waals surface area contributed by atoms with Gasteiger partial charge in [0.1, 0.15) is 0 Å². The maximum atomic E-state index is 13.2. The zero-order valence-electron chi connectivity index (χ0n) is 16.2. The van der Waals surface area contributed by atoms with Crippen LogP contribution >= 0.6 is 24.8 Å². The number of hydrogen-bond acceptors (Lipinski definition) is 5. The van der Waals surface area contributed by atoms with Gasteiger partial charge in [-0.25, -0.2) is 4.98 Å². The molecule has 0 bridgehead atoms. The lowest BCUT2D eigenvalue weighted by molar-refractivity contribution is -0.118. The van der Waals surface area contributed by atoms with E-state index in [-0.39, 0.29) is 36.6 Å². The van der Waals surface area contributed by atoms with Crippen LogP contribution in [-0.4, -0.2) is 66.4 Å². The highest BCUT2D eigenvalue weighted by atomic mass is 35.5. The van der Waals surface area contributed by atoms with Gasteiger partial charge in [0.25, 0.3) is 5.91 Å². The number of carbonyl (C=O) groups excluding carboxylic acids is 2.